The molecule has 0 spiro atoms. The Hall–Kier alpha value is -3.13. The fraction of sp³-hybridized carbons (Fsp3) is 0.375. The zero-order valence-electron chi connectivity index (χ0n) is 18.2. The summed E-state index contributed by atoms with van der Waals surface area (Å²) < 4.78 is 5.31. The average molecular weight is 453 g/mol. The van der Waals surface area contributed by atoms with Crippen molar-refractivity contribution in [2.24, 2.45) is 0 Å². The molecule has 7 nitrogen and oxygen atoms in total. The number of nitrogens with one attached hydrogen (secondary N) is 2. The standard InChI is InChI=1S/C24H28N4O3S/c1-2-3-10-19(26-24(30)20-16-21(31-27-20)22-11-7-14-32-22)23(29)25-17-8-6-9-18(15-17)28-12-4-5-13-28/h6-9,11,14-16,19H,2-5,10,12-13H2,1H3,(H,25,29)(H,26,30). The van der Waals surface area contributed by atoms with Gasteiger partial charge >= 0.3 is 0 Å². The molecule has 1 atom stereocenters. The first-order valence-electron chi connectivity index (χ1n) is 11.1. The summed E-state index contributed by atoms with van der Waals surface area (Å²) in [6.07, 6.45) is 4.69. The third-order valence-corrected chi connectivity index (χ3v) is 6.44. The highest BCUT2D eigenvalue weighted by Crippen LogP contribution is 2.26. The second kappa shape index (κ2) is 10.5. The number of carbonyl (C=O) groups is 2. The van der Waals surface area contributed by atoms with Gasteiger partial charge in [-0.1, -0.05) is 37.1 Å². The highest BCUT2D eigenvalue weighted by Gasteiger charge is 2.24. The molecule has 2 amide bonds. The summed E-state index contributed by atoms with van der Waals surface area (Å²) in [6.45, 7) is 4.14. The molecule has 1 unspecified atom stereocenters. The van der Waals surface area contributed by atoms with Crippen LogP contribution in [-0.4, -0.2) is 36.1 Å². The van der Waals surface area contributed by atoms with Crippen LogP contribution < -0.4 is 15.5 Å². The third-order valence-electron chi connectivity index (χ3n) is 5.56. The van der Waals surface area contributed by atoms with E-state index in [0.29, 0.717) is 12.2 Å². The van der Waals surface area contributed by atoms with Crippen molar-refractivity contribution in [3.8, 4) is 10.6 Å². The van der Waals surface area contributed by atoms with Gasteiger partial charge in [-0.15, -0.1) is 11.3 Å². The van der Waals surface area contributed by atoms with Crippen LogP contribution in [0.3, 0.4) is 0 Å². The normalized spacial score (nSPS) is 14.3. The first kappa shape index (κ1) is 22.1. The number of nitrogens with zero attached hydrogens (tertiary/aromatic N) is 2. The van der Waals surface area contributed by atoms with Gasteiger partial charge in [0.15, 0.2) is 11.5 Å². The number of thiophene rings is 1. The van der Waals surface area contributed by atoms with Crippen LogP contribution in [0.5, 0.6) is 0 Å². The molecule has 0 bridgehead atoms. The summed E-state index contributed by atoms with van der Waals surface area (Å²) in [5.41, 5.74) is 2.01. The van der Waals surface area contributed by atoms with E-state index in [0.717, 1.165) is 42.2 Å². The summed E-state index contributed by atoms with van der Waals surface area (Å²) in [5, 5.41) is 11.6. The van der Waals surface area contributed by atoms with Gasteiger partial charge in [0.25, 0.3) is 5.91 Å². The monoisotopic (exact) mass is 452 g/mol. The van der Waals surface area contributed by atoms with Crippen LogP contribution in [0, 0.1) is 0 Å². The molecule has 0 radical (unpaired) electrons. The largest absolute Gasteiger partial charge is 0.371 e. The maximum atomic E-state index is 13.0. The van der Waals surface area contributed by atoms with Crippen molar-refractivity contribution < 1.29 is 14.1 Å². The molecule has 4 rings (SSSR count). The molecule has 1 aliphatic rings. The lowest BCUT2D eigenvalue weighted by Gasteiger charge is -2.20. The number of anilines is 2. The van der Waals surface area contributed by atoms with Crippen LogP contribution in [0.1, 0.15) is 49.5 Å². The lowest BCUT2D eigenvalue weighted by atomic mass is 10.1. The van der Waals surface area contributed by atoms with Crippen molar-refractivity contribution in [3.05, 3.63) is 53.5 Å². The maximum absolute atomic E-state index is 13.0. The van der Waals surface area contributed by atoms with Crippen LogP contribution >= 0.6 is 11.3 Å². The van der Waals surface area contributed by atoms with Crippen LogP contribution in [-0.2, 0) is 4.79 Å². The highest BCUT2D eigenvalue weighted by atomic mass is 32.1. The van der Waals surface area contributed by atoms with Gasteiger partial charge in [-0.25, -0.2) is 0 Å². The van der Waals surface area contributed by atoms with Crippen LogP contribution in [0.25, 0.3) is 10.6 Å². The molecule has 1 aliphatic heterocycles. The summed E-state index contributed by atoms with van der Waals surface area (Å²) in [4.78, 5) is 29.0. The Bertz CT molecular complexity index is 1040. The van der Waals surface area contributed by atoms with E-state index >= 15 is 0 Å². The highest BCUT2D eigenvalue weighted by molar-refractivity contribution is 7.13. The number of benzene rings is 1. The number of rotatable bonds is 9. The molecular weight excluding hydrogens is 424 g/mol. The molecular formula is C24H28N4O3S. The van der Waals surface area contributed by atoms with E-state index < -0.39 is 11.9 Å². The third kappa shape index (κ3) is 5.37. The Morgan fingerprint density at radius 1 is 1.19 bits per heavy atom. The van der Waals surface area contributed by atoms with Gasteiger partial charge in [-0.3, -0.25) is 9.59 Å². The fourth-order valence-corrected chi connectivity index (χ4v) is 4.48. The number of carbonyl (C=O) groups excluding carboxylic acids is 2. The van der Waals surface area contributed by atoms with Gasteiger partial charge in [0.2, 0.25) is 5.91 Å². The van der Waals surface area contributed by atoms with Crippen molar-refractivity contribution in [2.75, 3.05) is 23.3 Å². The van der Waals surface area contributed by atoms with E-state index in [2.05, 4.69) is 33.7 Å². The van der Waals surface area contributed by atoms with Crippen LogP contribution in [0.15, 0.2) is 52.4 Å². The minimum atomic E-state index is -0.653. The average Bonchev–Trinajstić information content (AvgIpc) is 3.58. The topological polar surface area (TPSA) is 87.5 Å². The molecule has 1 saturated heterocycles. The zero-order valence-corrected chi connectivity index (χ0v) is 19.0. The summed E-state index contributed by atoms with van der Waals surface area (Å²) in [6, 6.07) is 12.6. The Morgan fingerprint density at radius 2 is 2.03 bits per heavy atom. The Balaban J connectivity index is 1.43. The first-order valence-corrected chi connectivity index (χ1v) is 12.0. The Kier molecular flexibility index (Phi) is 7.21. The summed E-state index contributed by atoms with van der Waals surface area (Å²) >= 11 is 1.51. The quantitative estimate of drug-likeness (QED) is 0.481. The molecule has 2 aromatic heterocycles. The molecule has 2 N–H and O–H groups in total. The molecule has 1 fully saturated rings. The van der Waals surface area contributed by atoms with Gasteiger partial charge in [0, 0.05) is 30.5 Å². The van der Waals surface area contributed by atoms with Crippen molar-refractivity contribution in [2.45, 2.75) is 45.1 Å². The van der Waals surface area contributed by atoms with E-state index in [-0.39, 0.29) is 11.6 Å². The van der Waals surface area contributed by atoms with Crippen molar-refractivity contribution >= 4 is 34.5 Å². The number of hydrogen-bond acceptors (Lipinski definition) is 6. The zero-order chi connectivity index (χ0) is 22.3. The maximum Gasteiger partial charge on any atom is 0.274 e. The second-order valence-electron chi connectivity index (χ2n) is 7.96. The molecule has 3 aromatic rings. The summed E-state index contributed by atoms with van der Waals surface area (Å²) in [5.74, 6) is -0.107. The number of hydrogen-bond donors (Lipinski definition) is 2. The van der Waals surface area contributed by atoms with Crippen molar-refractivity contribution in [1.82, 2.24) is 10.5 Å². The van der Waals surface area contributed by atoms with E-state index in [1.54, 1.807) is 6.07 Å². The number of unbranched alkanes of at least 4 members (excludes halogenated alkanes) is 1. The Labute approximate surface area is 191 Å². The van der Waals surface area contributed by atoms with Gasteiger partial charge in [0.1, 0.15) is 6.04 Å². The van der Waals surface area contributed by atoms with E-state index in [4.69, 9.17) is 4.52 Å². The minimum absolute atomic E-state index is 0.165. The predicted molar refractivity (Wildman–Crippen MR) is 127 cm³/mol. The van der Waals surface area contributed by atoms with Crippen LogP contribution in [0.4, 0.5) is 11.4 Å². The smallest absolute Gasteiger partial charge is 0.274 e. The van der Waals surface area contributed by atoms with Gasteiger partial charge in [0.05, 0.1) is 4.88 Å². The van der Waals surface area contributed by atoms with Gasteiger partial charge in [-0.05, 0) is 48.9 Å². The molecule has 0 aliphatic carbocycles. The summed E-state index contributed by atoms with van der Waals surface area (Å²) in [7, 11) is 0. The molecule has 3 heterocycles. The van der Waals surface area contributed by atoms with E-state index in [1.807, 2.05) is 35.7 Å². The minimum Gasteiger partial charge on any atom is -0.371 e. The lowest BCUT2D eigenvalue weighted by Crippen LogP contribution is -2.44. The van der Waals surface area contributed by atoms with Crippen molar-refractivity contribution in [3.63, 3.8) is 0 Å². The van der Waals surface area contributed by atoms with E-state index in [9.17, 15) is 9.59 Å². The second-order valence-corrected chi connectivity index (χ2v) is 8.90. The molecule has 168 valence electrons. The predicted octanol–water partition coefficient (Wildman–Crippen LogP) is 4.93. The Morgan fingerprint density at radius 3 is 2.78 bits per heavy atom. The molecule has 32 heavy (non-hydrogen) atoms. The lowest BCUT2D eigenvalue weighted by molar-refractivity contribution is -0.118. The molecule has 8 heteroatoms. The van der Waals surface area contributed by atoms with Gasteiger partial charge < -0.3 is 20.1 Å². The SMILES string of the molecule is CCCCC(NC(=O)c1cc(-c2cccs2)on1)C(=O)Nc1cccc(N2CCCC2)c1. The van der Waals surface area contributed by atoms with E-state index in [1.165, 1.54) is 24.2 Å². The van der Waals surface area contributed by atoms with Gasteiger partial charge in [-0.2, -0.15) is 0 Å². The van der Waals surface area contributed by atoms with Crippen LogP contribution in [0.2, 0.25) is 0 Å². The number of aromatic nitrogens is 1. The molecule has 0 saturated carbocycles. The molecule has 1 aromatic carbocycles. The first-order chi connectivity index (χ1) is 15.6. The number of amides is 2. The van der Waals surface area contributed by atoms with Crippen molar-refractivity contribution in [1.29, 1.82) is 0 Å². The fourth-order valence-electron chi connectivity index (χ4n) is 3.81.